The molecule has 0 radical (unpaired) electrons. The number of nitrogens with zero attached hydrogens (tertiary/aromatic N) is 5. The minimum atomic E-state index is -0.888. The Labute approximate surface area is 202 Å². The smallest absolute Gasteiger partial charge is 0.407 e. The molecular weight excluding hydrogens is 458 g/mol. The maximum Gasteiger partial charge on any atom is 0.407 e. The number of hydrogen-bond donors (Lipinski definition) is 1. The minimum absolute atomic E-state index is 0.0243. The predicted octanol–water partition coefficient (Wildman–Crippen LogP) is 4.76. The molecule has 7 nitrogen and oxygen atoms in total. The van der Waals surface area contributed by atoms with Gasteiger partial charge in [-0.3, -0.25) is 0 Å². The first-order valence-corrected chi connectivity index (χ1v) is 12.6. The van der Waals surface area contributed by atoms with Crippen molar-refractivity contribution >= 4 is 51.7 Å². The van der Waals surface area contributed by atoms with Crippen LogP contribution in [0.4, 0.5) is 16.3 Å². The van der Waals surface area contributed by atoms with E-state index in [-0.39, 0.29) is 6.04 Å². The highest BCUT2D eigenvalue weighted by molar-refractivity contribution is 7.98. The Morgan fingerprint density at radius 1 is 1.18 bits per heavy atom. The van der Waals surface area contributed by atoms with Crippen LogP contribution in [-0.4, -0.2) is 65.0 Å². The Morgan fingerprint density at radius 2 is 1.97 bits per heavy atom. The predicted molar refractivity (Wildman–Crippen MR) is 134 cm³/mol. The lowest BCUT2D eigenvalue weighted by molar-refractivity contribution is 0.142. The molecule has 0 aliphatic carbocycles. The molecule has 1 atom stereocenters. The molecule has 2 aliphatic heterocycles. The van der Waals surface area contributed by atoms with Gasteiger partial charge in [0.15, 0.2) is 5.16 Å². The van der Waals surface area contributed by atoms with Crippen molar-refractivity contribution in [3.05, 3.63) is 52.7 Å². The highest BCUT2D eigenvalue weighted by Crippen LogP contribution is 2.37. The van der Waals surface area contributed by atoms with Crippen molar-refractivity contribution in [2.24, 2.45) is 0 Å². The second kappa shape index (κ2) is 8.91. The van der Waals surface area contributed by atoms with E-state index >= 15 is 0 Å². The number of thioether (sulfide) groups is 1. The van der Waals surface area contributed by atoms with E-state index in [0.717, 1.165) is 64.1 Å². The normalized spacial score (nSPS) is 18.0. The van der Waals surface area contributed by atoms with Gasteiger partial charge in [0.05, 0.1) is 23.3 Å². The van der Waals surface area contributed by atoms with Gasteiger partial charge in [0.2, 0.25) is 0 Å². The lowest BCUT2D eigenvalue weighted by Gasteiger charge is -2.33. The van der Waals surface area contributed by atoms with Crippen LogP contribution in [0.5, 0.6) is 0 Å². The number of likely N-dealkylation sites (N-methyl/N-ethyl adjacent to an activating group) is 1. The van der Waals surface area contributed by atoms with E-state index in [4.69, 9.17) is 21.6 Å². The van der Waals surface area contributed by atoms with Crippen molar-refractivity contribution in [1.82, 2.24) is 14.9 Å². The maximum atomic E-state index is 11.4. The second-order valence-electron chi connectivity index (χ2n) is 8.53. The number of carbonyl (C=O) groups is 1. The van der Waals surface area contributed by atoms with Crippen LogP contribution >= 0.6 is 23.4 Å². The van der Waals surface area contributed by atoms with E-state index in [1.807, 2.05) is 18.4 Å². The van der Waals surface area contributed by atoms with Crippen LogP contribution in [0.1, 0.15) is 17.7 Å². The molecule has 5 rings (SSSR count). The third-order valence-corrected chi connectivity index (χ3v) is 7.55. The van der Waals surface area contributed by atoms with Gasteiger partial charge in [-0.2, -0.15) is 0 Å². The fraction of sp³-hybridized carbons (Fsp3) is 0.375. The fourth-order valence-corrected chi connectivity index (χ4v) is 5.55. The van der Waals surface area contributed by atoms with Crippen molar-refractivity contribution in [2.75, 3.05) is 42.7 Å². The van der Waals surface area contributed by atoms with Crippen LogP contribution < -0.4 is 9.80 Å². The summed E-state index contributed by atoms with van der Waals surface area (Å²) in [5, 5.41) is 13.1. The molecule has 1 N–H and O–H groups in total. The first kappa shape index (κ1) is 22.1. The fourth-order valence-electron chi connectivity index (χ4n) is 4.89. The Bertz CT molecular complexity index is 1220. The molecule has 172 valence electrons. The summed E-state index contributed by atoms with van der Waals surface area (Å²) in [6, 6.07) is 12.3. The topological polar surface area (TPSA) is 72.8 Å². The average Bonchev–Trinajstić information content (AvgIpc) is 3.32. The Balaban J connectivity index is 1.48. The van der Waals surface area contributed by atoms with Crippen molar-refractivity contribution in [1.29, 1.82) is 0 Å². The number of halogens is 1. The molecule has 3 heterocycles. The van der Waals surface area contributed by atoms with Gasteiger partial charge in [0.1, 0.15) is 5.82 Å². The molecule has 1 amide bonds. The molecule has 1 aromatic heterocycles. The van der Waals surface area contributed by atoms with Gasteiger partial charge in [0.25, 0.3) is 0 Å². The summed E-state index contributed by atoms with van der Waals surface area (Å²) in [4.78, 5) is 27.1. The molecule has 33 heavy (non-hydrogen) atoms. The van der Waals surface area contributed by atoms with E-state index in [0.29, 0.717) is 13.1 Å². The number of amides is 1. The average molecular weight is 484 g/mol. The van der Waals surface area contributed by atoms with Crippen LogP contribution in [0, 0.1) is 0 Å². The summed E-state index contributed by atoms with van der Waals surface area (Å²) in [5.74, 6) is 0.959. The standard InChI is InChI=1S/C24H26ClN5O2S/c1-28(24(31)32)16-9-11-30(13-16)22-17-10-12-29(14-19(17)26-23(27-22)33-2)20-8-4-6-15-5-3-7-18(25)21(15)20/h3-8,16H,9-14H2,1-2H3,(H,31,32). The van der Waals surface area contributed by atoms with Gasteiger partial charge in [0, 0.05) is 43.3 Å². The number of rotatable bonds is 4. The molecule has 0 saturated carbocycles. The van der Waals surface area contributed by atoms with Gasteiger partial charge in [-0.25, -0.2) is 14.8 Å². The molecule has 1 unspecified atom stereocenters. The van der Waals surface area contributed by atoms with Gasteiger partial charge >= 0.3 is 6.09 Å². The summed E-state index contributed by atoms with van der Waals surface area (Å²) in [6.45, 7) is 2.98. The lowest BCUT2D eigenvalue weighted by atomic mass is 10.0. The molecule has 0 bridgehead atoms. The zero-order valence-corrected chi connectivity index (χ0v) is 20.2. The summed E-state index contributed by atoms with van der Waals surface area (Å²) in [7, 11) is 1.65. The van der Waals surface area contributed by atoms with E-state index in [2.05, 4.69) is 34.1 Å². The van der Waals surface area contributed by atoms with Crippen LogP contribution in [0.2, 0.25) is 5.02 Å². The Hall–Kier alpha value is -2.71. The summed E-state index contributed by atoms with van der Waals surface area (Å²) >= 11 is 8.13. The summed E-state index contributed by atoms with van der Waals surface area (Å²) in [6.07, 6.45) is 2.73. The molecule has 0 spiro atoms. The third kappa shape index (κ3) is 4.06. The van der Waals surface area contributed by atoms with Gasteiger partial charge in [-0.05, 0) is 36.6 Å². The van der Waals surface area contributed by atoms with Crippen molar-refractivity contribution in [3.8, 4) is 0 Å². The minimum Gasteiger partial charge on any atom is -0.465 e. The SMILES string of the molecule is CSc1nc2c(c(N3CCC(N(C)C(=O)O)C3)n1)CCN(c1cccc3cccc(Cl)c13)C2. The van der Waals surface area contributed by atoms with Gasteiger partial charge in [-0.1, -0.05) is 47.6 Å². The van der Waals surface area contributed by atoms with Crippen LogP contribution in [0.25, 0.3) is 10.8 Å². The highest BCUT2D eigenvalue weighted by Gasteiger charge is 2.32. The number of carboxylic acid groups (broad SMARTS) is 1. The number of hydrogen-bond acceptors (Lipinski definition) is 6. The van der Waals surface area contributed by atoms with Gasteiger partial charge in [-0.15, -0.1) is 0 Å². The first-order chi connectivity index (χ1) is 16.0. The quantitative estimate of drug-likeness (QED) is 0.423. The van der Waals surface area contributed by atoms with Crippen molar-refractivity contribution in [2.45, 2.75) is 30.6 Å². The zero-order chi connectivity index (χ0) is 23.1. The zero-order valence-electron chi connectivity index (χ0n) is 18.7. The van der Waals surface area contributed by atoms with Gasteiger partial charge < -0.3 is 19.8 Å². The van der Waals surface area contributed by atoms with Crippen LogP contribution in [0.3, 0.4) is 0 Å². The molecule has 1 fully saturated rings. The molecular formula is C24H26ClN5O2S. The number of benzene rings is 2. The molecule has 3 aromatic rings. The van der Waals surface area contributed by atoms with Crippen molar-refractivity contribution < 1.29 is 9.90 Å². The molecule has 2 aromatic carbocycles. The number of fused-ring (bicyclic) bond motifs is 2. The number of aromatic nitrogens is 2. The van der Waals surface area contributed by atoms with E-state index in [1.54, 1.807) is 7.05 Å². The maximum absolute atomic E-state index is 11.4. The van der Waals surface area contributed by atoms with Crippen molar-refractivity contribution in [3.63, 3.8) is 0 Å². The lowest BCUT2D eigenvalue weighted by Crippen LogP contribution is -2.39. The highest BCUT2D eigenvalue weighted by atomic mass is 35.5. The molecule has 1 saturated heterocycles. The van der Waals surface area contributed by atoms with E-state index in [9.17, 15) is 9.90 Å². The first-order valence-electron chi connectivity index (χ1n) is 11.0. The van der Waals surface area contributed by atoms with E-state index in [1.165, 1.54) is 22.2 Å². The Morgan fingerprint density at radius 3 is 2.73 bits per heavy atom. The molecule has 2 aliphatic rings. The van der Waals surface area contributed by atoms with E-state index < -0.39 is 6.09 Å². The molecule has 9 heteroatoms. The summed E-state index contributed by atoms with van der Waals surface area (Å²) in [5.41, 5.74) is 3.34. The largest absolute Gasteiger partial charge is 0.465 e. The van der Waals surface area contributed by atoms with Crippen LogP contribution in [-0.2, 0) is 13.0 Å². The number of anilines is 2. The monoisotopic (exact) mass is 483 g/mol. The summed E-state index contributed by atoms with van der Waals surface area (Å²) < 4.78 is 0. The second-order valence-corrected chi connectivity index (χ2v) is 9.71. The third-order valence-electron chi connectivity index (χ3n) is 6.69. The van der Waals surface area contributed by atoms with Crippen LogP contribution in [0.15, 0.2) is 41.6 Å². The Kier molecular flexibility index (Phi) is 5.97.